The molecule has 2 rings (SSSR count). The molecule has 1 aromatic carbocycles. The first-order valence-electron chi connectivity index (χ1n) is 5.73. The number of hydrogen-bond acceptors (Lipinski definition) is 0. The highest BCUT2D eigenvalue weighted by atomic mass is 13.8. The predicted octanol–water partition coefficient (Wildman–Crippen LogP) is 4.91. The normalized spacial score (nSPS) is 11.9. The fourth-order valence-electron chi connectivity index (χ4n) is 1.08. The molecule has 0 fully saturated rings. The lowest BCUT2D eigenvalue weighted by Crippen LogP contribution is -1.67. The van der Waals surface area contributed by atoms with Gasteiger partial charge in [-0.1, -0.05) is 74.0 Å². The van der Waals surface area contributed by atoms with Crippen LogP contribution in [0.5, 0.6) is 0 Å². The van der Waals surface area contributed by atoms with Gasteiger partial charge in [0.1, 0.15) is 0 Å². The van der Waals surface area contributed by atoms with Crippen molar-refractivity contribution in [3.63, 3.8) is 0 Å². The standard InChI is InChI=1S/C7H8.C6H8.C2H6/c1-7-5-3-2-4-6-7;1-2-4-6-5-3-1;1-2/h2-6H,1H3;1-4H,5-6H2;1-2H3. The monoisotopic (exact) mass is 202 g/mol. The van der Waals surface area contributed by atoms with Gasteiger partial charge in [-0.3, -0.25) is 0 Å². The summed E-state index contributed by atoms with van der Waals surface area (Å²) in [4.78, 5) is 0. The van der Waals surface area contributed by atoms with E-state index in [2.05, 4.69) is 43.4 Å². The van der Waals surface area contributed by atoms with Crippen LogP contribution in [0.2, 0.25) is 0 Å². The van der Waals surface area contributed by atoms with E-state index in [4.69, 9.17) is 0 Å². The van der Waals surface area contributed by atoms with Crippen molar-refractivity contribution in [2.45, 2.75) is 33.6 Å². The Kier molecular flexibility index (Phi) is 9.84. The van der Waals surface area contributed by atoms with Crippen LogP contribution in [-0.2, 0) is 0 Å². The molecule has 0 heteroatoms. The third-order valence-electron chi connectivity index (χ3n) is 1.82. The van der Waals surface area contributed by atoms with E-state index < -0.39 is 0 Å². The largest absolute Gasteiger partial charge is 0.0842 e. The Morgan fingerprint density at radius 1 is 0.800 bits per heavy atom. The Labute approximate surface area is 94.3 Å². The molecule has 0 aliphatic heterocycles. The van der Waals surface area contributed by atoms with E-state index in [1.54, 1.807) is 0 Å². The van der Waals surface area contributed by atoms with E-state index in [9.17, 15) is 0 Å². The van der Waals surface area contributed by atoms with Gasteiger partial charge in [0.15, 0.2) is 0 Å². The Morgan fingerprint density at radius 3 is 1.47 bits per heavy atom. The molecular formula is C15H22. The highest BCUT2D eigenvalue weighted by molar-refractivity contribution is 5.11. The van der Waals surface area contributed by atoms with E-state index in [0.29, 0.717) is 0 Å². The second kappa shape index (κ2) is 10.8. The van der Waals surface area contributed by atoms with Crippen LogP contribution in [0, 0.1) is 6.92 Å². The van der Waals surface area contributed by atoms with Crippen molar-refractivity contribution in [3.8, 4) is 0 Å². The maximum Gasteiger partial charge on any atom is -0.0313 e. The van der Waals surface area contributed by atoms with Gasteiger partial charge in [0.05, 0.1) is 0 Å². The minimum atomic E-state index is 1.23. The molecule has 15 heavy (non-hydrogen) atoms. The molecule has 0 N–H and O–H groups in total. The van der Waals surface area contributed by atoms with Crippen LogP contribution in [-0.4, -0.2) is 0 Å². The van der Waals surface area contributed by atoms with Gasteiger partial charge in [-0.25, -0.2) is 0 Å². The summed E-state index contributed by atoms with van der Waals surface area (Å²) in [6, 6.07) is 10.3. The Bertz CT molecular complexity index is 255. The lowest BCUT2D eigenvalue weighted by molar-refractivity contribution is 1.04. The summed E-state index contributed by atoms with van der Waals surface area (Å²) in [5.41, 5.74) is 1.32. The van der Waals surface area contributed by atoms with E-state index >= 15 is 0 Å². The van der Waals surface area contributed by atoms with Crippen LogP contribution in [0.3, 0.4) is 0 Å². The minimum absolute atomic E-state index is 1.23. The zero-order chi connectivity index (χ0) is 11.4. The van der Waals surface area contributed by atoms with Crippen LogP contribution >= 0.6 is 0 Å². The van der Waals surface area contributed by atoms with E-state index in [-0.39, 0.29) is 0 Å². The van der Waals surface area contributed by atoms with E-state index in [1.807, 2.05) is 32.0 Å². The smallest absolute Gasteiger partial charge is 0.0313 e. The molecule has 1 aliphatic rings. The average molecular weight is 202 g/mol. The third kappa shape index (κ3) is 9.01. The third-order valence-corrected chi connectivity index (χ3v) is 1.82. The molecule has 0 saturated heterocycles. The van der Waals surface area contributed by atoms with Crippen molar-refractivity contribution >= 4 is 0 Å². The lowest BCUT2D eigenvalue weighted by Gasteiger charge is -1.88. The van der Waals surface area contributed by atoms with E-state index in [1.165, 1.54) is 18.4 Å². The predicted molar refractivity (Wildman–Crippen MR) is 70.0 cm³/mol. The fraction of sp³-hybridized carbons (Fsp3) is 0.333. The van der Waals surface area contributed by atoms with Crippen molar-refractivity contribution < 1.29 is 0 Å². The summed E-state index contributed by atoms with van der Waals surface area (Å²) in [5.74, 6) is 0. The van der Waals surface area contributed by atoms with Crippen molar-refractivity contribution in [2.75, 3.05) is 0 Å². The van der Waals surface area contributed by atoms with Gasteiger partial charge in [-0.15, -0.1) is 0 Å². The number of allylic oxidation sites excluding steroid dienone is 4. The van der Waals surface area contributed by atoms with Gasteiger partial charge in [-0.2, -0.15) is 0 Å². The number of hydrogen-bond donors (Lipinski definition) is 0. The summed E-state index contributed by atoms with van der Waals surface area (Å²) in [6.07, 6.45) is 11.0. The molecular weight excluding hydrogens is 180 g/mol. The van der Waals surface area contributed by atoms with Crippen LogP contribution in [0.1, 0.15) is 32.3 Å². The minimum Gasteiger partial charge on any atom is -0.0842 e. The van der Waals surface area contributed by atoms with Gasteiger partial charge in [0, 0.05) is 0 Å². The second-order valence-electron chi connectivity index (χ2n) is 3.09. The number of aryl methyl sites for hydroxylation is 1. The van der Waals surface area contributed by atoms with Gasteiger partial charge in [0.2, 0.25) is 0 Å². The first-order chi connectivity index (χ1) is 7.39. The molecule has 0 amide bonds. The quantitative estimate of drug-likeness (QED) is 0.560. The molecule has 0 spiro atoms. The molecule has 0 unspecified atom stereocenters. The van der Waals surface area contributed by atoms with Crippen LogP contribution in [0.25, 0.3) is 0 Å². The summed E-state index contributed by atoms with van der Waals surface area (Å²) in [5, 5.41) is 0. The molecule has 0 aromatic heterocycles. The fourth-order valence-corrected chi connectivity index (χ4v) is 1.08. The van der Waals surface area contributed by atoms with Gasteiger partial charge >= 0.3 is 0 Å². The molecule has 0 nitrogen and oxygen atoms in total. The average Bonchev–Trinajstić information content (AvgIpc) is 2.36. The van der Waals surface area contributed by atoms with Crippen molar-refractivity contribution in [1.82, 2.24) is 0 Å². The van der Waals surface area contributed by atoms with E-state index in [0.717, 1.165) is 0 Å². The Hall–Kier alpha value is -1.30. The molecule has 1 aliphatic carbocycles. The Balaban J connectivity index is 0.000000227. The van der Waals surface area contributed by atoms with Crippen molar-refractivity contribution in [3.05, 3.63) is 60.2 Å². The summed E-state index contributed by atoms with van der Waals surface area (Å²) < 4.78 is 0. The second-order valence-corrected chi connectivity index (χ2v) is 3.09. The number of rotatable bonds is 0. The van der Waals surface area contributed by atoms with Crippen LogP contribution in [0.4, 0.5) is 0 Å². The summed E-state index contributed by atoms with van der Waals surface area (Å²) in [7, 11) is 0. The number of benzene rings is 1. The molecule has 82 valence electrons. The SMILES string of the molecule is C1=CCCC=C1.CC.Cc1ccccc1. The molecule has 0 heterocycles. The van der Waals surface area contributed by atoms with Crippen molar-refractivity contribution in [1.29, 1.82) is 0 Å². The Morgan fingerprint density at radius 2 is 1.27 bits per heavy atom. The maximum absolute atomic E-state index is 2.18. The zero-order valence-corrected chi connectivity index (χ0v) is 10.1. The molecule has 0 atom stereocenters. The van der Waals surface area contributed by atoms with Crippen molar-refractivity contribution in [2.24, 2.45) is 0 Å². The molecule has 0 bridgehead atoms. The maximum atomic E-state index is 2.18. The molecule has 1 aromatic rings. The summed E-state index contributed by atoms with van der Waals surface area (Å²) in [6.45, 7) is 6.08. The molecule has 0 radical (unpaired) electrons. The van der Waals surface area contributed by atoms with Gasteiger partial charge in [0.25, 0.3) is 0 Å². The first kappa shape index (κ1) is 13.7. The topological polar surface area (TPSA) is 0 Å². The first-order valence-corrected chi connectivity index (χ1v) is 5.73. The van der Waals surface area contributed by atoms with Gasteiger partial charge in [-0.05, 0) is 19.8 Å². The zero-order valence-electron chi connectivity index (χ0n) is 10.1. The lowest BCUT2D eigenvalue weighted by atomic mass is 10.2. The highest BCUT2D eigenvalue weighted by Gasteiger charge is 1.77. The van der Waals surface area contributed by atoms with Crippen LogP contribution < -0.4 is 0 Å². The van der Waals surface area contributed by atoms with Gasteiger partial charge < -0.3 is 0 Å². The highest BCUT2D eigenvalue weighted by Crippen LogP contribution is 1.98. The molecule has 0 saturated carbocycles. The summed E-state index contributed by atoms with van der Waals surface area (Å²) >= 11 is 0. The van der Waals surface area contributed by atoms with Crippen LogP contribution in [0.15, 0.2) is 54.6 Å².